The van der Waals surface area contributed by atoms with Gasteiger partial charge in [0.05, 0.1) is 25.4 Å². The normalized spacial score (nSPS) is 27.0. The third-order valence-corrected chi connectivity index (χ3v) is 6.77. The molecule has 0 spiro atoms. The number of ether oxygens (including phenoxy) is 3. The topological polar surface area (TPSA) is 44.8 Å². The van der Waals surface area contributed by atoms with Crippen LogP contribution in [0.25, 0.3) is 6.08 Å². The summed E-state index contributed by atoms with van der Waals surface area (Å²) in [6, 6.07) is 8.22. The number of allylic oxidation sites excluding steroid dienone is 2. The van der Waals surface area contributed by atoms with Crippen molar-refractivity contribution in [3.8, 4) is 0 Å². The van der Waals surface area contributed by atoms with Crippen molar-refractivity contribution < 1.29 is 19.0 Å². The second-order valence-electron chi connectivity index (χ2n) is 10.1. The van der Waals surface area contributed by atoms with E-state index in [1.54, 1.807) is 7.11 Å². The minimum atomic E-state index is -0.116. The van der Waals surface area contributed by atoms with Crippen molar-refractivity contribution in [1.82, 2.24) is 0 Å². The van der Waals surface area contributed by atoms with Crippen molar-refractivity contribution in [2.24, 2.45) is 11.3 Å². The van der Waals surface area contributed by atoms with Gasteiger partial charge < -0.3 is 14.2 Å². The van der Waals surface area contributed by atoms with Gasteiger partial charge in [0.2, 0.25) is 0 Å². The number of methoxy groups -OCH3 is 1. The average Bonchev–Trinajstić information content (AvgIpc) is 3.16. The third-order valence-electron chi connectivity index (χ3n) is 6.77. The largest absolute Gasteiger partial charge is 0.466 e. The van der Waals surface area contributed by atoms with Crippen molar-refractivity contribution in [1.29, 1.82) is 0 Å². The lowest BCUT2D eigenvalue weighted by Crippen LogP contribution is -2.37. The first-order valence-electron chi connectivity index (χ1n) is 11.9. The molecule has 2 aliphatic rings. The number of esters is 1. The molecule has 173 valence electrons. The Morgan fingerprint density at radius 2 is 1.91 bits per heavy atom. The summed E-state index contributed by atoms with van der Waals surface area (Å²) in [7, 11) is 3.79. The van der Waals surface area contributed by atoms with E-state index >= 15 is 0 Å². The maximum absolute atomic E-state index is 11.6. The summed E-state index contributed by atoms with van der Waals surface area (Å²) in [6.45, 7) is 10.1. The minimum Gasteiger partial charge on any atom is -0.466 e. The summed E-state index contributed by atoms with van der Waals surface area (Å²) in [5, 5.41) is 0. The fourth-order valence-electron chi connectivity index (χ4n) is 4.30. The molecule has 1 saturated carbocycles. The second kappa shape index (κ2) is 11.3. The molecule has 1 aromatic carbocycles. The molecule has 0 amide bonds. The van der Waals surface area contributed by atoms with Crippen LogP contribution < -0.4 is 5.46 Å². The number of hydrogen-bond donors (Lipinski definition) is 0. The van der Waals surface area contributed by atoms with E-state index in [9.17, 15) is 4.79 Å². The first-order chi connectivity index (χ1) is 15.3. The summed E-state index contributed by atoms with van der Waals surface area (Å²) in [6.07, 6.45) is 10.8. The van der Waals surface area contributed by atoms with Gasteiger partial charge in [0, 0.05) is 12.9 Å². The highest BCUT2D eigenvalue weighted by Gasteiger charge is 2.31. The van der Waals surface area contributed by atoms with Crippen LogP contribution in [0, 0.1) is 11.3 Å². The predicted molar refractivity (Wildman–Crippen MR) is 131 cm³/mol. The maximum atomic E-state index is 11.6. The Labute approximate surface area is 194 Å². The smallest absolute Gasteiger partial charge is 0.301 e. The van der Waals surface area contributed by atoms with Crippen molar-refractivity contribution in [2.75, 3.05) is 20.3 Å². The first-order valence-corrected chi connectivity index (χ1v) is 11.9. The molecule has 1 aromatic rings. The molecular weight excluding hydrogens is 399 g/mol. The molecule has 0 N–H and O–H groups in total. The first kappa shape index (κ1) is 24.8. The molecule has 3 rings (SSSR count). The molecule has 1 heterocycles. The molecule has 4 atom stereocenters. The number of benzene rings is 1. The molecule has 32 heavy (non-hydrogen) atoms. The molecule has 2 fully saturated rings. The summed E-state index contributed by atoms with van der Waals surface area (Å²) in [5.74, 6) is 0.340. The van der Waals surface area contributed by atoms with E-state index in [-0.39, 0.29) is 29.4 Å². The Morgan fingerprint density at radius 1 is 1.16 bits per heavy atom. The highest BCUT2D eigenvalue weighted by molar-refractivity contribution is 6.59. The second-order valence-corrected chi connectivity index (χ2v) is 10.1. The monoisotopic (exact) mass is 437 g/mol. The Hall–Kier alpha value is -1.85. The van der Waals surface area contributed by atoms with Crippen molar-refractivity contribution in [3.05, 3.63) is 47.6 Å². The summed E-state index contributed by atoms with van der Waals surface area (Å²) in [5.41, 5.74) is 3.85. The fourth-order valence-corrected chi connectivity index (χ4v) is 4.30. The van der Waals surface area contributed by atoms with Crippen LogP contribution in [0.4, 0.5) is 0 Å². The molecule has 0 bridgehead atoms. The number of carbonyl (C=O) groups excluding carboxylic acids is 1. The van der Waals surface area contributed by atoms with Crippen LogP contribution in [0.15, 0.2) is 42.0 Å². The van der Waals surface area contributed by atoms with Crippen LogP contribution >= 0.6 is 0 Å². The summed E-state index contributed by atoms with van der Waals surface area (Å²) < 4.78 is 17.0. The van der Waals surface area contributed by atoms with E-state index in [2.05, 4.69) is 58.1 Å². The lowest BCUT2D eigenvalue weighted by molar-refractivity contribution is -0.137. The summed E-state index contributed by atoms with van der Waals surface area (Å²) in [4.78, 5) is 11.6. The fraction of sp³-hybridized carbons (Fsp3) is 0.593. The van der Waals surface area contributed by atoms with Crippen LogP contribution in [0.1, 0.15) is 58.9 Å². The molecule has 5 heteroatoms. The van der Waals surface area contributed by atoms with E-state index in [0.29, 0.717) is 19.1 Å². The van der Waals surface area contributed by atoms with E-state index in [4.69, 9.17) is 14.2 Å². The Balaban J connectivity index is 1.45. The van der Waals surface area contributed by atoms with E-state index in [1.165, 1.54) is 5.57 Å². The number of cyclic esters (lactones) is 1. The molecule has 4 nitrogen and oxygen atoms in total. The molecule has 0 aromatic heterocycles. The van der Waals surface area contributed by atoms with Crippen LogP contribution in [0.2, 0.25) is 5.82 Å². The third kappa shape index (κ3) is 7.08. The van der Waals surface area contributed by atoms with Gasteiger partial charge in [-0.15, -0.1) is 0 Å². The van der Waals surface area contributed by atoms with Crippen LogP contribution in [-0.2, 0) is 19.0 Å². The van der Waals surface area contributed by atoms with Gasteiger partial charge in [-0.2, -0.15) is 0 Å². The van der Waals surface area contributed by atoms with Gasteiger partial charge in [0.15, 0.2) is 7.28 Å². The number of carbonyl (C=O) groups is 1. The number of rotatable bonds is 8. The van der Waals surface area contributed by atoms with Crippen molar-refractivity contribution in [3.63, 3.8) is 0 Å². The quantitative estimate of drug-likeness (QED) is 0.328. The van der Waals surface area contributed by atoms with Crippen molar-refractivity contribution in [2.45, 2.75) is 71.4 Å². The lowest BCUT2D eigenvalue weighted by Gasteiger charge is -2.35. The van der Waals surface area contributed by atoms with Crippen molar-refractivity contribution >= 4 is 24.8 Å². The standard InChI is InChI=1S/C27H38BO4/c1-19(27(2,3)4)17-21-10-13-24(25(18-21)30-5)31-15-6-7-20-8-11-22(12-9-20)28-23-14-16-32-26(23)29/h6-9,11-12,17,21,23-25H,10,13-16,18H2,1-5H3/b7-6+,19-17+/t21?,23?,24-,25-/m1/s1. The minimum absolute atomic E-state index is 0.110. The van der Waals surface area contributed by atoms with Gasteiger partial charge in [0.25, 0.3) is 0 Å². The van der Waals surface area contributed by atoms with Gasteiger partial charge in [0.1, 0.15) is 0 Å². The highest BCUT2D eigenvalue weighted by atomic mass is 16.5. The van der Waals surface area contributed by atoms with Gasteiger partial charge in [-0.3, -0.25) is 4.79 Å². The van der Waals surface area contributed by atoms with Crippen LogP contribution in [-0.4, -0.2) is 45.8 Å². The maximum Gasteiger partial charge on any atom is 0.301 e. The average molecular weight is 437 g/mol. The van der Waals surface area contributed by atoms with E-state index in [0.717, 1.165) is 36.7 Å². The molecule has 1 saturated heterocycles. The molecule has 1 aliphatic carbocycles. The Kier molecular flexibility index (Phi) is 8.78. The highest BCUT2D eigenvalue weighted by Crippen LogP contribution is 2.33. The summed E-state index contributed by atoms with van der Waals surface area (Å²) >= 11 is 0. The predicted octanol–water partition coefficient (Wildman–Crippen LogP) is 4.96. The van der Waals surface area contributed by atoms with Gasteiger partial charge in [-0.05, 0) is 49.5 Å². The molecule has 2 unspecified atom stereocenters. The van der Waals surface area contributed by atoms with Gasteiger partial charge in [-0.25, -0.2) is 0 Å². The zero-order chi connectivity index (χ0) is 23.1. The van der Waals surface area contributed by atoms with Gasteiger partial charge >= 0.3 is 5.97 Å². The Morgan fingerprint density at radius 3 is 2.53 bits per heavy atom. The lowest BCUT2D eigenvalue weighted by atomic mass is 9.58. The van der Waals surface area contributed by atoms with Crippen LogP contribution in [0.5, 0.6) is 0 Å². The van der Waals surface area contributed by atoms with E-state index in [1.807, 2.05) is 19.4 Å². The zero-order valence-corrected chi connectivity index (χ0v) is 20.3. The SMILES string of the molecule is CO[C@@H]1CC(/C=C(\C)C(C)(C)C)CC[C@H]1OC/C=C/c1ccc([B]C2CCOC2=O)cc1. The zero-order valence-electron chi connectivity index (χ0n) is 20.3. The van der Waals surface area contributed by atoms with E-state index < -0.39 is 0 Å². The van der Waals surface area contributed by atoms with Crippen LogP contribution in [0.3, 0.4) is 0 Å². The van der Waals surface area contributed by atoms with Gasteiger partial charge in [-0.1, -0.05) is 74.3 Å². The molecule has 1 radical (unpaired) electrons. The molecular formula is C27H38BO4. The molecule has 1 aliphatic heterocycles. The Bertz CT molecular complexity index is 806. The number of hydrogen-bond acceptors (Lipinski definition) is 4.